The molecular formula is C23H29ClN2O4S. The highest BCUT2D eigenvalue weighted by atomic mass is 35.5. The molecule has 168 valence electrons. The fourth-order valence-electron chi connectivity index (χ4n) is 3.65. The van der Waals surface area contributed by atoms with Gasteiger partial charge in [0.15, 0.2) is 0 Å². The monoisotopic (exact) mass is 464 g/mol. The van der Waals surface area contributed by atoms with Gasteiger partial charge in [0.1, 0.15) is 12.4 Å². The number of nitrogens with one attached hydrogen (secondary N) is 1. The molecule has 0 saturated carbocycles. The summed E-state index contributed by atoms with van der Waals surface area (Å²) in [5.41, 5.74) is 2.92. The zero-order valence-corrected chi connectivity index (χ0v) is 19.5. The molecule has 2 aromatic carbocycles. The Labute approximate surface area is 189 Å². The van der Waals surface area contributed by atoms with Crippen molar-refractivity contribution in [3.63, 3.8) is 0 Å². The highest BCUT2D eigenvalue weighted by Gasteiger charge is 2.32. The molecule has 31 heavy (non-hydrogen) atoms. The number of nitrogens with zero attached hydrogens (tertiary/aromatic N) is 1. The van der Waals surface area contributed by atoms with Gasteiger partial charge in [0.25, 0.3) is 0 Å². The third-order valence-corrected chi connectivity index (χ3v) is 7.69. The number of hydrogen-bond donors (Lipinski definition) is 1. The van der Waals surface area contributed by atoms with E-state index in [9.17, 15) is 13.2 Å². The van der Waals surface area contributed by atoms with Crippen LogP contribution in [0.2, 0.25) is 5.02 Å². The molecule has 0 spiro atoms. The summed E-state index contributed by atoms with van der Waals surface area (Å²) in [5.74, 6) is 0.235. The smallest absolute Gasteiger partial charge is 0.224 e. The zero-order valence-electron chi connectivity index (χ0n) is 17.9. The third kappa shape index (κ3) is 6.45. The highest BCUT2D eigenvalue weighted by Crippen LogP contribution is 2.23. The molecule has 0 radical (unpaired) electrons. The second kappa shape index (κ2) is 10.5. The number of piperidine rings is 1. The maximum atomic E-state index is 12.8. The van der Waals surface area contributed by atoms with Crippen molar-refractivity contribution in [2.45, 2.75) is 32.4 Å². The fraction of sp³-hybridized carbons (Fsp3) is 0.435. The van der Waals surface area contributed by atoms with Gasteiger partial charge in [0.05, 0.1) is 18.2 Å². The minimum absolute atomic E-state index is 0.0950. The first-order valence-electron chi connectivity index (χ1n) is 10.5. The lowest BCUT2D eigenvalue weighted by molar-refractivity contribution is -0.126. The predicted octanol–water partition coefficient (Wildman–Crippen LogP) is 3.69. The Morgan fingerprint density at radius 2 is 1.94 bits per heavy atom. The summed E-state index contributed by atoms with van der Waals surface area (Å²) in [5, 5.41) is 3.45. The van der Waals surface area contributed by atoms with E-state index in [0.29, 0.717) is 43.1 Å². The van der Waals surface area contributed by atoms with Crippen molar-refractivity contribution in [3.8, 4) is 5.75 Å². The van der Waals surface area contributed by atoms with E-state index in [-0.39, 0.29) is 24.1 Å². The quantitative estimate of drug-likeness (QED) is 0.604. The molecule has 1 heterocycles. The van der Waals surface area contributed by atoms with Crippen LogP contribution in [0, 0.1) is 19.8 Å². The first-order chi connectivity index (χ1) is 14.8. The summed E-state index contributed by atoms with van der Waals surface area (Å²) in [6.07, 6.45) is 1.34. The van der Waals surface area contributed by atoms with Crippen LogP contribution in [0.4, 0.5) is 0 Å². The van der Waals surface area contributed by atoms with Gasteiger partial charge in [-0.05, 0) is 61.6 Å². The van der Waals surface area contributed by atoms with Crippen LogP contribution in [0.5, 0.6) is 5.75 Å². The number of carbonyl (C=O) groups excluding carboxylic acids is 1. The van der Waals surface area contributed by atoms with E-state index < -0.39 is 10.0 Å². The second-order valence-corrected chi connectivity index (χ2v) is 10.3. The molecule has 0 aromatic heterocycles. The van der Waals surface area contributed by atoms with Gasteiger partial charge in [0.2, 0.25) is 15.9 Å². The minimum atomic E-state index is -3.50. The number of benzene rings is 2. The van der Waals surface area contributed by atoms with Gasteiger partial charge in [-0.1, -0.05) is 35.9 Å². The normalized spacial score (nSPS) is 17.3. The summed E-state index contributed by atoms with van der Waals surface area (Å²) in [7, 11) is -3.50. The molecule has 1 saturated heterocycles. The maximum Gasteiger partial charge on any atom is 0.224 e. The molecule has 0 bridgehead atoms. The molecule has 0 aliphatic carbocycles. The van der Waals surface area contributed by atoms with Gasteiger partial charge in [-0.25, -0.2) is 12.7 Å². The first kappa shape index (κ1) is 23.6. The number of amides is 1. The van der Waals surface area contributed by atoms with E-state index in [0.717, 1.165) is 16.9 Å². The predicted molar refractivity (Wildman–Crippen MR) is 123 cm³/mol. The molecular weight excluding hydrogens is 436 g/mol. The van der Waals surface area contributed by atoms with Crippen molar-refractivity contribution >= 4 is 27.5 Å². The maximum absolute atomic E-state index is 12.8. The molecule has 1 amide bonds. The van der Waals surface area contributed by atoms with E-state index in [1.54, 1.807) is 24.3 Å². The number of aryl methyl sites for hydroxylation is 1. The largest absolute Gasteiger partial charge is 0.491 e. The van der Waals surface area contributed by atoms with Crippen molar-refractivity contribution in [2.24, 2.45) is 5.92 Å². The zero-order chi connectivity index (χ0) is 22.4. The number of ether oxygens (including phenoxy) is 1. The van der Waals surface area contributed by atoms with Crippen LogP contribution in [0.3, 0.4) is 0 Å². The summed E-state index contributed by atoms with van der Waals surface area (Å²) in [4.78, 5) is 12.6. The number of sulfonamides is 1. The third-order valence-electron chi connectivity index (χ3n) is 5.62. The van der Waals surface area contributed by atoms with E-state index in [2.05, 4.69) is 5.32 Å². The molecule has 1 aliphatic heterocycles. The van der Waals surface area contributed by atoms with Gasteiger partial charge in [-0.15, -0.1) is 0 Å². The summed E-state index contributed by atoms with van der Waals surface area (Å²) in [6, 6.07) is 12.7. The van der Waals surface area contributed by atoms with Crippen LogP contribution in [0.1, 0.15) is 29.5 Å². The molecule has 3 rings (SSSR count). The van der Waals surface area contributed by atoms with Crippen molar-refractivity contribution in [3.05, 3.63) is 64.2 Å². The topological polar surface area (TPSA) is 75.7 Å². The van der Waals surface area contributed by atoms with E-state index in [1.807, 2.05) is 32.0 Å². The number of rotatable bonds is 8. The summed E-state index contributed by atoms with van der Waals surface area (Å²) in [6.45, 7) is 5.42. The lowest BCUT2D eigenvalue weighted by Gasteiger charge is -2.31. The van der Waals surface area contributed by atoms with Crippen molar-refractivity contribution in [1.82, 2.24) is 9.62 Å². The van der Waals surface area contributed by atoms with Crippen LogP contribution >= 0.6 is 11.6 Å². The molecule has 1 N–H and O–H groups in total. The van der Waals surface area contributed by atoms with Crippen LogP contribution < -0.4 is 10.1 Å². The highest BCUT2D eigenvalue weighted by molar-refractivity contribution is 7.88. The van der Waals surface area contributed by atoms with Crippen LogP contribution in [0.25, 0.3) is 0 Å². The van der Waals surface area contributed by atoms with Crippen molar-refractivity contribution < 1.29 is 17.9 Å². The Balaban J connectivity index is 1.49. The number of carbonyl (C=O) groups is 1. The van der Waals surface area contributed by atoms with Gasteiger partial charge < -0.3 is 10.1 Å². The molecule has 8 heteroatoms. The lowest BCUT2D eigenvalue weighted by Crippen LogP contribution is -2.46. The summed E-state index contributed by atoms with van der Waals surface area (Å²) < 4.78 is 32.9. The van der Waals surface area contributed by atoms with E-state index >= 15 is 0 Å². The lowest BCUT2D eigenvalue weighted by atomic mass is 9.99. The minimum Gasteiger partial charge on any atom is -0.491 e. The van der Waals surface area contributed by atoms with Gasteiger partial charge in [0, 0.05) is 18.1 Å². The Morgan fingerprint density at radius 1 is 1.19 bits per heavy atom. The molecule has 1 aliphatic rings. The van der Waals surface area contributed by atoms with Crippen LogP contribution in [0.15, 0.2) is 42.5 Å². The second-order valence-electron chi connectivity index (χ2n) is 7.92. The van der Waals surface area contributed by atoms with Gasteiger partial charge >= 0.3 is 0 Å². The molecule has 6 nitrogen and oxygen atoms in total. The average molecular weight is 465 g/mol. The molecule has 0 unspecified atom stereocenters. The fourth-order valence-corrected chi connectivity index (χ4v) is 5.39. The first-order valence-corrected chi connectivity index (χ1v) is 12.4. The van der Waals surface area contributed by atoms with Crippen LogP contribution in [-0.4, -0.2) is 44.9 Å². The Hall–Kier alpha value is -2.09. The average Bonchev–Trinajstić information content (AvgIpc) is 2.75. The Morgan fingerprint density at radius 3 is 2.68 bits per heavy atom. The SMILES string of the molecule is Cc1cccc(OCCNC(=O)[C@@H]2CCCN(S(=O)(=O)Cc3ccc(Cl)cc3)C2)c1C. The standard InChI is InChI=1S/C23H29ClN2O4S/c1-17-5-3-7-22(18(17)2)30-14-12-25-23(27)20-6-4-13-26(15-20)31(28,29)16-19-8-10-21(24)11-9-19/h3,5,7-11,20H,4,6,12-16H2,1-2H3,(H,25,27)/t20-/m1/s1. The summed E-state index contributed by atoms with van der Waals surface area (Å²) >= 11 is 5.87. The van der Waals surface area contributed by atoms with Crippen molar-refractivity contribution in [1.29, 1.82) is 0 Å². The van der Waals surface area contributed by atoms with Gasteiger partial charge in [-0.2, -0.15) is 0 Å². The van der Waals surface area contributed by atoms with E-state index in [1.165, 1.54) is 4.31 Å². The molecule has 1 atom stereocenters. The molecule has 2 aromatic rings. The van der Waals surface area contributed by atoms with Crippen molar-refractivity contribution in [2.75, 3.05) is 26.2 Å². The Bertz CT molecular complexity index is 1010. The Kier molecular flexibility index (Phi) is 7.97. The molecule has 1 fully saturated rings. The van der Waals surface area contributed by atoms with E-state index in [4.69, 9.17) is 16.3 Å². The van der Waals surface area contributed by atoms with Crippen LogP contribution in [-0.2, 0) is 20.6 Å². The van der Waals surface area contributed by atoms with Gasteiger partial charge in [-0.3, -0.25) is 4.79 Å². The number of halogens is 1. The number of hydrogen-bond acceptors (Lipinski definition) is 4.